The zero-order chi connectivity index (χ0) is 21.3. The number of amides is 1. The summed E-state index contributed by atoms with van der Waals surface area (Å²) in [5.74, 6) is 0.891. The molecular formula is C24H27ClN4O. The predicted octanol–water partition coefficient (Wildman–Crippen LogP) is 4.99. The molecule has 1 aromatic heterocycles. The number of carbonyl (C=O) groups excluding carboxylic acids is 1. The van der Waals surface area contributed by atoms with Crippen molar-refractivity contribution in [3.8, 4) is 0 Å². The Morgan fingerprint density at radius 1 is 1.10 bits per heavy atom. The monoisotopic (exact) mass is 422 g/mol. The lowest BCUT2D eigenvalue weighted by Gasteiger charge is -2.32. The summed E-state index contributed by atoms with van der Waals surface area (Å²) < 4.78 is 0. The van der Waals surface area contributed by atoms with E-state index in [2.05, 4.69) is 35.3 Å². The third kappa shape index (κ3) is 4.41. The molecule has 156 valence electrons. The van der Waals surface area contributed by atoms with Gasteiger partial charge in [-0.1, -0.05) is 35.9 Å². The Hall–Kier alpha value is -2.66. The highest BCUT2D eigenvalue weighted by Crippen LogP contribution is 2.25. The number of hydrogen-bond donors (Lipinski definition) is 1. The van der Waals surface area contributed by atoms with Crippen LogP contribution < -0.4 is 10.2 Å². The molecule has 1 saturated heterocycles. The SMILES string of the molecule is Cc1ccc2c(C)nc(N3CCC(C(=O)N[C@H](C)c4ccc(Cl)cc4)CC3)nc2c1. The van der Waals surface area contributed by atoms with E-state index in [4.69, 9.17) is 21.6 Å². The Balaban J connectivity index is 1.39. The molecule has 0 aliphatic carbocycles. The van der Waals surface area contributed by atoms with Gasteiger partial charge >= 0.3 is 0 Å². The number of nitrogens with zero attached hydrogens (tertiary/aromatic N) is 3. The summed E-state index contributed by atoms with van der Waals surface area (Å²) in [6.45, 7) is 7.67. The van der Waals surface area contributed by atoms with Crippen molar-refractivity contribution in [2.45, 2.75) is 39.7 Å². The van der Waals surface area contributed by atoms with Gasteiger partial charge in [-0.2, -0.15) is 0 Å². The predicted molar refractivity (Wildman–Crippen MR) is 122 cm³/mol. The number of halogens is 1. The minimum atomic E-state index is -0.0393. The van der Waals surface area contributed by atoms with Crippen molar-refractivity contribution in [3.63, 3.8) is 0 Å². The Kier molecular flexibility index (Phi) is 5.91. The number of aromatic nitrogens is 2. The van der Waals surface area contributed by atoms with E-state index in [1.165, 1.54) is 5.56 Å². The van der Waals surface area contributed by atoms with Gasteiger partial charge in [-0.15, -0.1) is 0 Å². The quantitative estimate of drug-likeness (QED) is 0.643. The molecule has 1 atom stereocenters. The van der Waals surface area contributed by atoms with Crippen molar-refractivity contribution in [1.29, 1.82) is 0 Å². The average Bonchev–Trinajstić information content (AvgIpc) is 2.74. The van der Waals surface area contributed by atoms with Crippen molar-refractivity contribution < 1.29 is 4.79 Å². The van der Waals surface area contributed by atoms with E-state index in [1.54, 1.807) is 0 Å². The van der Waals surface area contributed by atoms with E-state index >= 15 is 0 Å². The number of fused-ring (bicyclic) bond motifs is 1. The van der Waals surface area contributed by atoms with Crippen LogP contribution in [0.2, 0.25) is 5.02 Å². The number of nitrogens with one attached hydrogen (secondary N) is 1. The van der Waals surface area contributed by atoms with Crippen molar-refractivity contribution in [2.75, 3.05) is 18.0 Å². The van der Waals surface area contributed by atoms with Crippen LogP contribution in [0.1, 0.15) is 42.6 Å². The molecule has 0 radical (unpaired) electrons. The van der Waals surface area contributed by atoms with Crippen LogP contribution >= 0.6 is 11.6 Å². The molecule has 6 heteroatoms. The summed E-state index contributed by atoms with van der Waals surface area (Å²) in [6.07, 6.45) is 1.60. The molecule has 2 heterocycles. The highest BCUT2D eigenvalue weighted by molar-refractivity contribution is 6.30. The maximum Gasteiger partial charge on any atom is 0.226 e. The fourth-order valence-corrected chi connectivity index (χ4v) is 4.16. The maximum absolute atomic E-state index is 12.8. The summed E-state index contributed by atoms with van der Waals surface area (Å²) in [5.41, 5.74) is 4.22. The normalized spacial score (nSPS) is 15.9. The lowest BCUT2D eigenvalue weighted by atomic mass is 9.95. The molecule has 5 nitrogen and oxygen atoms in total. The summed E-state index contributed by atoms with van der Waals surface area (Å²) >= 11 is 5.96. The van der Waals surface area contributed by atoms with Gasteiger partial charge in [0.05, 0.1) is 17.3 Å². The van der Waals surface area contributed by atoms with Crippen LogP contribution in [0, 0.1) is 19.8 Å². The summed E-state index contributed by atoms with van der Waals surface area (Å²) in [7, 11) is 0. The van der Waals surface area contributed by atoms with E-state index in [0.717, 1.165) is 54.0 Å². The Morgan fingerprint density at radius 2 is 1.80 bits per heavy atom. The molecule has 0 bridgehead atoms. The second kappa shape index (κ2) is 8.60. The van der Waals surface area contributed by atoms with E-state index in [9.17, 15) is 4.79 Å². The van der Waals surface area contributed by atoms with Crippen LogP contribution in [0.5, 0.6) is 0 Å². The smallest absolute Gasteiger partial charge is 0.226 e. The molecule has 0 saturated carbocycles. The van der Waals surface area contributed by atoms with Gasteiger partial charge in [0, 0.05) is 29.4 Å². The van der Waals surface area contributed by atoms with Gasteiger partial charge in [0.1, 0.15) is 0 Å². The lowest BCUT2D eigenvalue weighted by molar-refractivity contribution is -0.126. The second-order valence-corrected chi connectivity index (χ2v) is 8.61. The first-order chi connectivity index (χ1) is 14.4. The standard InChI is InChI=1S/C24H27ClN4O/c1-15-4-9-21-17(3)27-24(28-22(21)14-15)29-12-10-19(11-13-29)23(30)26-16(2)18-5-7-20(25)8-6-18/h4-9,14,16,19H,10-13H2,1-3H3,(H,26,30)/t16-/m1/s1. The van der Waals surface area contributed by atoms with Gasteiger partial charge in [-0.25, -0.2) is 9.97 Å². The number of piperidine rings is 1. The molecule has 1 N–H and O–H groups in total. The topological polar surface area (TPSA) is 58.1 Å². The molecule has 0 spiro atoms. The second-order valence-electron chi connectivity index (χ2n) is 8.17. The van der Waals surface area contributed by atoms with Crippen molar-refractivity contribution in [1.82, 2.24) is 15.3 Å². The van der Waals surface area contributed by atoms with E-state index in [-0.39, 0.29) is 17.9 Å². The molecule has 1 fully saturated rings. The first-order valence-electron chi connectivity index (χ1n) is 10.5. The van der Waals surface area contributed by atoms with Crippen LogP contribution in [-0.2, 0) is 4.79 Å². The summed E-state index contributed by atoms with van der Waals surface area (Å²) in [6, 6.07) is 13.9. The zero-order valence-electron chi connectivity index (χ0n) is 17.7. The highest BCUT2D eigenvalue weighted by Gasteiger charge is 2.27. The van der Waals surface area contributed by atoms with Crippen LogP contribution in [0.25, 0.3) is 10.9 Å². The van der Waals surface area contributed by atoms with Crippen LogP contribution in [0.15, 0.2) is 42.5 Å². The van der Waals surface area contributed by atoms with Gasteiger partial charge in [0.25, 0.3) is 0 Å². The molecule has 0 unspecified atom stereocenters. The molecular weight excluding hydrogens is 396 g/mol. The minimum Gasteiger partial charge on any atom is -0.349 e. The summed E-state index contributed by atoms with van der Waals surface area (Å²) in [4.78, 5) is 24.5. The molecule has 1 aliphatic rings. The number of benzene rings is 2. The Bertz CT molecular complexity index is 1060. The minimum absolute atomic E-state index is 0.0137. The number of carbonyl (C=O) groups is 1. The largest absolute Gasteiger partial charge is 0.349 e. The molecule has 2 aromatic carbocycles. The summed E-state index contributed by atoms with van der Waals surface area (Å²) in [5, 5.41) is 4.94. The van der Waals surface area contributed by atoms with Crippen LogP contribution in [0.3, 0.4) is 0 Å². The van der Waals surface area contributed by atoms with E-state index < -0.39 is 0 Å². The maximum atomic E-state index is 12.8. The highest BCUT2D eigenvalue weighted by atomic mass is 35.5. The van der Waals surface area contributed by atoms with Gasteiger partial charge < -0.3 is 10.2 Å². The average molecular weight is 423 g/mol. The lowest BCUT2D eigenvalue weighted by Crippen LogP contribution is -2.41. The van der Waals surface area contributed by atoms with Gasteiger partial charge in [-0.3, -0.25) is 4.79 Å². The molecule has 3 aromatic rings. The van der Waals surface area contributed by atoms with Crippen molar-refractivity contribution in [2.24, 2.45) is 5.92 Å². The Labute approximate surface area is 182 Å². The third-order valence-electron chi connectivity index (χ3n) is 5.91. The number of hydrogen-bond acceptors (Lipinski definition) is 4. The number of aryl methyl sites for hydroxylation is 2. The fraction of sp³-hybridized carbons (Fsp3) is 0.375. The van der Waals surface area contributed by atoms with Crippen molar-refractivity contribution in [3.05, 3.63) is 64.3 Å². The number of rotatable bonds is 4. The van der Waals surface area contributed by atoms with E-state index in [1.807, 2.05) is 38.1 Å². The molecule has 4 rings (SSSR count). The third-order valence-corrected chi connectivity index (χ3v) is 6.16. The van der Waals surface area contributed by atoms with Gasteiger partial charge in [0.15, 0.2) is 0 Å². The Morgan fingerprint density at radius 3 is 2.50 bits per heavy atom. The number of anilines is 1. The molecule has 1 aliphatic heterocycles. The zero-order valence-corrected chi connectivity index (χ0v) is 18.4. The van der Waals surface area contributed by atoms with Crippen LogP contribution in [0.4, 0.5) is 5.95 Å². The van der Waals surface area contributed by atoms with Crippen LogP contribution in [-0.4, -0.2) is 29.0 Å². The van der Waals surface area contributed by atoms with Gasteiger partial charge in [0.2, 0.25) is 11.9 Å². The first-order valence-corrected chi connectivity index (χ1v) is 10.8. The van der Waals surface area contributed by atoms with Gasteiger partial charge in [-0.05, 0) is 62.9 Å². The first kappa shape index (κ1) is 20.6. The van der Waals surface area contributed by atoms with E-state index in [0.29, 0.717) is 5.02 Å². The van der Waals surface area contributed by atoms with Crippen molar-refractivity contribution >= 4 is 34.4 Å². The molecule has 30 heavy (non-hydrogen) atoms. The fourth-order valence-electron chi connectivity index (χ4n) is 4.03. The molecule has 1 amide bonds.